The molecule has 0 aromatic rings. The highest BCUT2D eigenvalue weighted by Crippen LogP contribution is 2.39. The van der Waals surface area contributed by atoms with Crippen LogP contribution in [0.15, 0.2) is 0 Å². The van der Waals surface area contributed by atoms with E-state index in [1.54, 1.807) is 0 Å². The van der Waals surface area contributed by atoms with Crippen molar-refractivity contribution in [2.24, 2.45) is 11.3 Å². The highest BCUT2D eigenvalue weighted by Gasteiger charge is 2.38. The van der Waals surface area contributed by atoms with Gasteiger partial charge in [0.15, 0.2) is 0 Å². The quantitative estimate of drug-likeness (QED) is 0.835. The van der Waals surface area contributed by atoms with Crippen molar-refractivity contribution in [2.45, 2.75) is 83.8 Å². The third-order valence-electron chi connectivity index (χ3n) is 4.44. The van der Waals surface area contributed by atoms with Gasteiger partial charge < -0.3 is 5.32 Å². The third-order valence-corrected chi connectivity index (χ3v) is 6.48. The molecular formula is C16H33NOS. The zero-order valence-corrected chi connectivity index (χ0v) is 14.5. The van der Waals surface area contributed by atoms with Gasteiger partial charge in [-0.1, -0.05) is 41.5 Å². The van der Waals surface area contributed by atoms with Crippen molar-refractivity contribution in [3.63, 3.8) is 0 Å². The van der Waals surface area contributed by atoms with Crippen LogP contribution in [0, 0.1) is 11.3 Å². The first-order valence-corrected chi connectivity index (χ1v) is 9.17. The van der Waals surface area contributed by atoms with Crippen LogP contribution in [0.25, 0.3) is 0 Å². The van der Waals surface area contributed by atoms with E-state index in [0.29, 0.717) is 22.6 Å². The fraction of sp³-hybridized carbons (Fsp3) is 1.00. The topological polar surface area (TPSA) is 29.1 Å². The summed E-state index contributed by atoms with van der Waals surface area (Å²) < 4.78 is 12.6. The van der Waals surface area contributed by atoms with Gasteiger partial charge in [-0.3, -0.25) is 4.21 Å². The molecule has 0 radical (unpaired) electrons. The Morgan fingerprint density at radius 3 is 2.37 bits per heavy atom. The van der Waals surface area contributed by atoms with E-state index in [2.05, 4.69) is 46.9 Å². The molecule has 0 heterocycles. The zero-order valence-electron chi connectivity index (χ0n) is 13.7. The van der Waals surface area contributed by atoms with Crippen molar-refractivity contribution >= 4 is 10.8 Å². The molecule has 1 rings (SSSR count). The Hall–Kier alpha value is 0.110. The van der Waals surface area contributed by atoms with Crippen LogP contribution in [0.4, 0.5) is 0 Å². The van der Waals surface area contributed by atoms with Crippen LogP contribution in [0.2, 0.25) is 0 Å². The Bertz CT molecular complexity index is 296. The lowest BCUT2D eigenvalue weighted by Crippen LogP contribution is -2.49. The van der Waals surface area contributed by atoms with Gasteiger partial charge in [0.25, 0.3) is 0 Å². The first kappa shape index (κ1) is 17.2. The van der Waals surface area contributed by atoms with Crippen LogP contribution in [0.5, 0.6) is 0 Å². The predicted molar refractivity (Wildman–Crippen MR) is 85.9 cm³/mol. The van der Waals surface area contributed by atoms with Crippen molar-refractivity contribution in [1.82, 2.24) is 5.32 Å². The summed E-state index contributed by atoms with van der Waals surface area (Å²) in [6.45, 7) is 14.4. The third kappa shape index (κ3) is 4.86. The summed E-state index contributed by atoms with van der Waals surface area (Å²) >= 11 is 0. The van der Waals surface area contributed by atoms with Gasteiger partial charge in [-0.05, 0) is 43.6 Å². The van der Waals surface area contributed by atoms with E-state index in [-0.39, 0.29) is 5.25 Å². The van der Waals surface area contributed by atoms with E-state index in [9.17, 15) is 4.21 Å². The summed E-state index contributed by atoms with van der Waals surface area (Å²) in [5.41, 5.74) is 0.342. The summed E-state index contributed by atoms with van der Waals surface area (Å²) in [6, 6.07) is 0.460. The lowest BCUT2D eigenvalue weighted by molar-refractivity contribution is 0.163. The van der Waals surface area contributed by atoms with Gasteiger partial charge in [-0.2, -0.15) is 0 Å². The van der Waals surface area contributed by atoms with E-state index in [4.69, 9.17) is 0 Å². The molecule has 0 aliphatic heterocycles. The molecule has 19 heavy (non-hydrogen) atoms. The van der Waals surface area contributed by atoms with E-state index in [1.807, 2.05) is 0 Å². The highest BCUT2D eigenvalue weighted by atomic mass is 32.2. The number of hydrogen-bond donors (Lipinski definition) is 1. The SMILES string of the molecule is CCCNC1CCC(C(C)(C)C)CC1S(=O)C(C)C. The molecule has 0 aromatic carbocycles. The molecule has 2 nitrogen and oxygen atoms in total. The number of hydrogen-bond acceptors (Lipinski definition) is 2. The molecular weight excluding hydrogens is 254 g/mol. The molecule has 1 aliphatic rings. The van der Waals surface area contributed by atoms with Gasteiger partial charge in [0, 0.05) is 22.1 Å². The standard InChI is InChI=1S/C16H33NOS/c1-7-10-17-14-9-8-13(16(4,5)6)11-15(14)19(18)12(2)3/h12-15,17H,7-11H2,1-6H3. The molecule has 1 saturated carbocycles. The molecule has 1 fully saturated rings. The van der Waals surface area contributed by atoms with Crippen LogP contribution in [0.3, 0.4) is 0 Å². The smallest absolute Gasteiger partial charge is 0.0506 e. The average Bonchev–Trinajstić information content (AvgIpc) is 2.33. The fourth-order valence-corrected chi connectivity index (χ4v) is 4.76. The van der Waals surface area contributed by atoms with Crippen molar-refractivity contribution in [3.8, 4) is 0 Å². The Morgan fingerprint density at radius 1 is 1.26 bits per heavy atom. The normalized spacial score (nSPS) is 30.6. The molecule has 0 aromatic heterocycles. The van der Waals surface area contributed by atoms with Gasteiger partial charge in [0.1, 0.15) is 0 Å². The van der Waals surface area contributed by atoms with E-state index in [1.165, 1.54) is 12.8 Å². The van der Waals surface area contributed by atoms with Crippen LogP contribution < -0.4 is 5.32 Å². The maximum atomic E-state index is 12.6. The zero-order chi connectivity index (χ0) is 14.6. The lowest BCUT2D eigenvalue weighted by atomic mass is 9.71. The Balaban J connectivity index is 2.77. The molecule has 3 heteroatoms. The van der Waals surface area contributed by atoms with Gasteiger partial charge in [0.05, 0.1) is 5.25 Å². The molecule has 0 bridgehead atoms. The van der Waals surface area contributed by atoms with Crippen molar-refractivity contribution < 1.29 is 4.21 Å². The molecule has 4 atom stereocenters. The fourth-order valence-electron chi connectivity index (χ4n) is 3.09. The molecule has 1 N–H and O–H groups in total. The predicted octanol–water partition coefficient (Wildman–Crippen LogP) is 3.73. The molecule has 0 amide bonds. The minimum Gasteiger partial charge on any atom is -0.313 e. The minimum atomic E-state index is -0.710. The van der Waals surface area contributed by atoms with E-state index in [0.717, 1.165) is 19.4 Å². The minimum absolute atomic E-state index is 0.273. The van der Waals surface area contributed by atoms with Crippen LogP contribution in [-0.4, -0.2) is 27.3 Å². The number of nitrogens with one attached hydrogen (secondary N) is 1. The van der Waals surface area contributed by atoms with Gasteiger partial charge in [-0.15, -0.1) is 0 Å². The monoisotopic (exact) mass is 287 g/mol. The van der Waals surface area contributed by atoms with Crippen LogP contribution in [0.1, 0.15) is 67.2 Å². The summed E-state index contributed by atoms with van der Waals surface area (Å²) in [6.07, 6.45) is 4.73. The van der Waals surface area contributed by atoms with Crippen molar-refractivity contribution in [3.05, 3.63) is 0 Å². The summed E-state index contributed by atoms with van der Waals surface area (Å²) in [5.74, 6) is 0.708. The Labute approximate surface area is 122 Å². The van der Waals surface area contributed by atoms with Gasteiger partial charge in [0.2, 0.25) is 0 Å². The molecule has 0 spiro atoms. The second-order valence-electron chi connectivity index (χ2n) is 7.35. The van der Waals surface area contributed by atoms with Crippen molar-refractivity contribution in [1.29, 1.82) is 0 Å². The summed E-state index contributed by atoms with van der Waals surface area (Å²) in [7, 11) is -0.710. The first-order chi connectivity index (χ1) is 8.77. The summed E-state index contributed by atoms with van der Waals surface area (Å²) in [5, 5.41) is 4.25. The summed E-state index contributed by atoms with van der Waals surface area (Å²) in [4.78, 5) is 0. The second-order valence-corrected chi connectivity index (χ2v) is 9.56. The average molecular weight is 288 g/mol. The Kier molecular flexibility index (Phi) is 6.52. The largest absolute Gasteiger partial charge is 0.313 e. The number of rotatable bonds is 5. The lowest BCUT2D eigenvalue weighted by Gasteiger charge is -2.42. The Morgan fingerprint density at radius 2 is 1.89 bits per heavy atom. The van der Waals surface area contributed by atoms with Crippen molar-refractivity contribution in [2.75, 3.05) is 6.54 Å². The maximum Gasteiger partial charge on any atom is 0.0506 e. The second kappa shape index (κ2) is 7.21. The first-order valence-electron chi connectivity index (χ1n) is 7.90. The van der Waals surface area contributed by atoms with Gasteiger partial charge >= 0.3 is 0 Å². The molecule has 4 unspecified atom stereocenters. The van der Waals surface area contributed by atoms with Crippen LogP contribution in [-0.2, 0) is 10.8 Å². The molecule has 114 valence electrons. The molecule has 1 aliphatic carbocycles. The van der Waals surface area contributed by atoms with E-state index >= 15 is 0 Å². The van der Waals surface area contributed by atoms with E-state index < -0.39 is 10.8 Å². The highest BCUT2D eigenvalue weighted by molar-refractivity contribution is 7.86. The maximum absolute atomic E-state index is 12.6. The van der Waals surface area contributed by atoms with Gasteiger partial charge in [-0.25, -0.2) is 0 Å². The van der Waals surface area contributed by atoms with Crippen LogP contribution >= 0.6 is 0 Å². The molecule has 0 saturated heterocycles.